The van der Waals surface area contributed by atoms with Gasteiger partial charge in [-0.1, -0.05) is 12.1 Å². The molecule has 1 aromatic rings. The Hall–Kier alpha value is -1.88. The molecule has 0 atom stereocenters. The van der Waals surface area contributed by atoms with Crippen LogP contribution < -0.4 is 5.32 Å². The zero-order valence-corrected chi connectivity index (χ0v) is 12.1. The molecule has 2 rings (SSSR count). The van der Waals surface area contributed by atoms with Crippen LogP contribution in [0.1, 0.15) is 12.0 Å². The number of carbonyl (C=O) groups is 2. The zero-order chi connectivity index (χ0) is 14.5. The number of anilines is 1. The molecule has 1 aromatic carbocycles. The van der Waals surface area contributed by atoms with Crippen molar-refractivity contribution in [1.82, 2.24) is 9.80 Å². The molecule has 0 saturated carbocycles. The Balaban J connectivity index is 1.83. The van der Waals surface area contributed by atoms with Crippen LogP contribution in [0, 0.1) is 6.92 Å². The van der Waals surface area contributed by atoms with E-state index >= 15 is 0 Å². The van der Waals surface area contributed by atoms with Gasteiger partial charge in [0, 0.05) is 31.9 Å². The van der Waals surface area contributed by atoms with Gasteiger partial charge in [-0.25, -0.2) is 0 Å². The highest BCUT2D eigenvalue weighted by Crippen LogP contribution is 2.10. The summed E-state index contributed by atoms with van der Waals surface area (Å²) in [5.74, 6) is -0.345. The molecule has 0 radical (unpaired) electrons. The van der Waals surface area contributed by atoms with Crippen molar-refractivity contribution in [2.75, 3.05) is 38.5 Å². The summed E-state index contributed by atoms with van der Waals surface area (Å²) in [6.45, 7) is 5.10. The molecule has 1 saturated heterocycles. The minimum absolute atomic E-state index is 0.0857. The van der Waals surface area contributed by atoms with Crippen molar-refractivity contribution in [3.63, 3.8) is 0 Å². The fraction of sp³-hybridized carbons (Fsp3) is 0.467. The second kappa shape index (κ2) is 6.52. The molecular formula is C15H21N3O2. The normalized spacial score (nSPS) is 16.0. The summed E-state index contributed by atoms with van der Waals surface area (Å²) in [5, 5.41) is 2.76. The molecule has 1 N–H and O–H groups in total. The summed E-state index contributed by atoms with van der Waals surface area (Å²) < 4.78 is 0. The van der Waals surface area contributed by atoms with Crippen LogP contribution in [-0.2, 0) is 9.59 Å². The second-order valence-corrected chi connectivity index (χ2v) is 5.28. The van der Waals surface area contributed by atoms with E-state index in [4.69, 9.17) is 0 Å². The largest absolute Gasteiger partial charge is 0.340 e. The Kier molecular flexibility index (Phi) is 4.74. The smallest absolute Gasteiger partial charge is 0.233 e. The molecule has 1 heterocycles. The van der Waals surface area contributed by atoms with E-state index in [-0.39, 0.29) is 18.2 Å². The topological polar surface area (TPSA) is 52.7 Å². The number of nitrogens with one attached hydrogen (secondary N) is 1. The van der Waals surface area contributed by atoms with Crippen LogP contribution in [0.4, 0.5) is 5.69 Å². The minimum Gasteiger partial charge on any atom is -0.340 e. The molecule has 0 spiro atoms. The lowest BCUT2D eigenvalue weighted by molar-refractivity contribution is -0.135. The van der Waals surface area contributed by atoms with Crippen molar-refractivity contribution in [2.24, 2.45) is 0 Å². The predicted octanol–water partition coefficient (Wildman–Crippen LogP) is 1.10. The van der Waals surface area contributed by atoms with E-state index in [0.29, 0.717) is 13.1 Å². The van der Waals surface area contributed by atoms with Gasteiger partial charge in [0.2, 0.25) is 11.8 Å². The molecule has 1 aliphatic heterocycles. The Bertz CT molecular complexity index is 494. The minimum atomic E-state index is -0.250. The average Bonchev–Trinajstić information content (AvgIpc) is 2.39. The first-order valence-corrected chi connectivity index (χ1v) is 6.87. The molecule has 5 heteroatoms. The molecule has 2 amide bonds. The zero-order valence-electron chi connectivity index (χ0n) is 12.1. The quantitative estimate of drug-likeness (QED) is 0.840. The fourth-order valence-corrected chi connectivity index (χ4v) is 2.23. The molecule has 0 bridgehead atoms. The molecular weight excluding hydrogens is 254 g/mol. The number of hydrogen-bond acceptors (Lipinski definition) is 3. The fourth-order valence-electron chi connectivity index (χ4n) is 2.23. The van der Waals surface area contributed by atoms with Gasteiger partial charge in [0.05, 0.1) is 0 Å². The van der Waals surface area contributed by atoms with Gasteiger partial charge >= 0.3 is 0 Å². The van der Waals surface area contributed by atoms with Crippen LogP contribution in [0.2, 0.25) is 0 Å². The third-order valence-corrected chi connectivity index (χ3v) is 3.47. The van der Waals surface area contributed by atoms with Gasteiger partial charge in [-0.05, 0) is 31.7 Å². The van der Waals surface area contributed by atoms with E-state index in [0.717, 1.165) is 24.3 Å². The highest BCUT2D eigenvalue weighted by Gasteiger charge is 2.21. The van der Waals surface area contributed by atoms with E-state index in [1.807, 2.05) is 38.2 Å². The number of aryl methyl sites for hydroxylation is 1. The van der Waals surface area contributed by atoms with E-state index in [9.17, 15) is 9.59 Å². The first-order chi connectivity index (χ1) is 9.54. The maximum atomic E-state index is 12.0. The van der Waals surface area contributed by atoms with Crippen LogP contribution in [-0.4, -0.2) is 54.8 Å². The summed E-state index contributed by atoms with van der Waals surface area (Å²) >= 11 is 0. The van der Waals surface area contributed by atoms with Crippen LogP contribution in [0.3, 0.4) is 0 Å². The number of piperazine rings is 1. The van der Waals surface area contributed by atoms with Crippen LogP contribution in [0.5, 0.6) is 0 Å². The molecule has 1 aliphatic rings. The molecule has 1 fully saturated rings. The van der Waals surface area contributed by atoms with Crippen LogP contribution in [0.25, 0.3) is 0 Å². The number of nitrogens with zero attached hydrogens (tertiary/aromatic N) is 2. The van der Waals surface area contributed by atoms with Gasteiger partial charge in [0.15, 0.2) is 0 Å². The SMILES string of the molecule is Cc1cccc(NC(=O)CC(=O)N2CCN(C)CC2)c1. The molecule has 0 aliphatic carbocycles. The van der Waals surface area contributed by atoms with Crippen molar-refractivity contribution in [2.45, 2.75) is 13.3 Å². The average molecular weight is 275 g/mol. The monoisotopic (exact) mass is 275 g/mol. The Labute approximate surface area is 119 Å². The number of carbonyl (C=O) groups excluding carboxylic acids is 2. The Morgan fingerprint density at radius 1 is 1.20 bits per heavy atom. The lowest BCUT2D eigenvalue weighted by Crippen LogP contribution is -2.47. The van der Waals surface area contributed by atoms with Gasteiger partial charge in [0.1, 0.15) is 6.42 Å². The van der Waals surface area contributed by atoms with Gasteiger partial charge in [-0.3, -0.25) is 9.59 Å². The van der Waals surface area contributed by atoms with Gasteiger partial charge in [0.25, 0.3) is 0 Å². The lowest BCUT2D eigenvalue weighted by Gasteiger charge is -2.32. The first-order valence-electron chi connectivity index (χ1n) is 6.87. The molecule has 0 unspecified atom stereocenters. The summed E-state index contributed by atoms with van der Waals surface area (Å²) in [5.41, 5.74) is 1.81. The van der Waals surface area contributed by atoms with Crippen molar-refractivity contribution in [1.29, 1.82) is 0 Å². The van der Waals surface area contributed by atoms with Gasteiger partial charge in [-0.15, -0.1) is 0 Å². The molecule has 5 nitrogen and oxygen atoms in total. The first kappa shape index (κ1) is 14.5. The number of hydrogen-bond donors (Lipinski definition) is 1. The van der Waals surface area contributed by atoms with E-state index in [2.05, 4.69) is 10.2 Å². The highest BCUT2D eigenvalue weighted by molar-refractivity contribution is 6.03. The summed E-state index contributed by atoms with van der Waals surface area (Å²) in [7, 11) is 2.03. The molecule has 108 valence electrons. The standard InChI is InChI=1S/C15H21N3O2/c1-12-4-3-5-13(10-12)16-14(19)11-15(20)18-8-6-17(2)7-9-18/h3-5,10H,6-9,11H2,1-2H3,(H,16,19). The van der Waals surface area contributed by atoms with Crippen molar-refractivity contribution in [3.05, 3.63) is 29.8 Å². The second-order valence-electron chi connectivity index (χ2n) is 5.28. The Morgan fingerprint density at radius 3 is 2.55 bits per heavy atom. The molecule has 0 aromatic heterocycles. The van der Waals surface area contributed by atoms with E-state index in [1.165, 1.54) is 0 Å². The number of rotatable bonds is 3. The molecule has 20 heavy (non-hydrogen) atoms. The summed E-state index contributed by atoms with van der Waals surface area (Å²) in [4.78, 5) is 27.8. The lowest BCUT2D eigenvalue weighted by atomic mass is 10.2. The number of likely N-dealkylation sites (N-methyl/N-ethyl adjacent to an activating group) is 1. The summed E-state index contributed by atoms with van der Waals surface area (Å²) in [6, 6.07) is 7.56. The van der Waals surface area contributed by atoms with Gasteiger partial charge in [-0.2, -0.15) is 0 Å². The van der Waals surface area contributed by atoms with Crippen LogP contribution in [0.15, 0.2) is 24.3 Å². The van der Waals surface area contributed by atoms with Gasteiger partial charge < -0.3 is 15.1 Å². The Morgan fingerprint density at radius 2 is 1.90 bits per heavy atom. The number of amides is 2. The third-order valence-electron chi connectivity index (χ3n) is 3.47. The third kappa shape index (κ3) is 4.06. The van der Waals surface area contributed by atoms with Crippen molar-refractivity contribution >= 4 is 17.5 Å². The van der Waals surface area contributed by atoms with Crippen molar-refractivity contribution < 1.29 is 9.59 Å². The predicted molar refractivity (Wildman–Crippen MR) is 78.5 cm³/mol. The highest BCUT2D eigenvalue weighted by atomic mass is 16.2. The maximum Gasteiger partial charge on any atom is 0.233 e. The maximum absolute atomic E-state index is 12.0. The van der Waals surface area contributed by atoms with Crippen molar-refractivity contribution in [3.8, 4) is 0 Å². The summed E-state index contributed by atoms with van der Waals surface area (Å²) in [6.07, 6.45) is -0.0857. The van der Waals surface area contributed by atoms with E-state index < -0.39 is 0 Å². The van der Waals surface area contributed by atoms with E-state index in [1.54, 1.807) is 4.90 Å². The van der Waals surface area contributed by atoms with Crippen LogP contribution >= 0.6 is 0 Å². The number of benzene rings is 1.